The minimum atomic E-state index is -3.62. The molecule has 0 aromatic carbocycles. The summed E-state index contributed by atoms with van der Waals surface area (Å²) >= 11 is 0. The molecule has 14 heavy (non-hydrogen) atoms. The van der Waals surface area contributed by atoms with Gasteiger partial charge in [-0.3, -0.25) is 4.79 Å². The van der Waals surface area contributed by atoms with Gasteiger partial charge in [-0.15, -0.1) is 4.28 Å². The van der Waals surface area contributed by atoms with E-state index in [0.717, 1.165) is 0 Å². The van der Waals surface area contributed by atoms with Crippen molar-refractivity contribution in [1.29, 1.82) is 0 Å². The molecule has 0 aliphatic rings. The van der Waals surface area contributed by atoms with Gasteiger partial charge in [0.2, 0.25) is 5.91 Å². The van der Waals surface area contributed by atoms with Gasteiger partial charge in [0.15, 0.2) is 0 Å². The van der Waals surface area contributed by atoms with Gasteiger partial charge in [-0.1, -0.05) is 20.8 Å². The van der Waals surface area contributed by atoms with Crippen molar-refractivity contribution in [2.75, 3.05) is 5.75 Å². The fourth-order valence-corrected chi connectivity index (χ4v) is 1.73. The summed E-state index contributed by atoms with van der Waals surface area (Å²) in [5, 5.41) is 0. The topological polar surface area (TPSA) is 72.5 Å². The second kappa shape index (κ2) is 7.64. The molecule has 0 aliphatic heterocycles. The van der Waals surface area contributed by atoms with Crippen LogP contribution in [0.4, 0.5) is 0 Å². The first-order valence-electron chi connectivity index (χ1n) is 4.07. The molecule has 0 heterocycles. The second-order valence-electron chi connectivity index (χ2n) is 3.08. The molecule has 0 aromatic heterocycles. The van der Waals surface area contributed by atoms with Gasteiger partial charge in [0.1, 0.15) is 0 Å². The average Bonchev–Trinajstić information content (AvgIpc) is 1.98. The molecule has 5 nitrogen and oxygen atoms in total. The SMILES string of the molecule is CCC(=O)NOS(=O)(=O)CC(C)C.[NaH]. The van der Waals surface area contributed by atoms with Crippen molar-refractivity contribution < 1.29 is 17.5 Å². The molecule has 0 atom stereocenters. The third kappa shape index (κ3) is 8.96. The number of hydrogen-bond donors (Lipinski definition) is 1. The van der Waals surface area contributed by atoms with Crippen molar-refractivity contribution in [3.63, 3.8) is 0 Å². The minimum absolute atomic E-state index is 0. The number of hydrogen-bond acceptors (Lipinski definition) is 4. The van der Waals surface area contributed by atoms with Crippen LogP contribution in [0.2, 0.25) is 0 Å². The standard InChI is InChI=1S/C7H15NO4S.Na.H/c1-4-7(9)8-12-13(10,11)5-6(2)3;;/h6H,4-5H2,1-3H3,(H,8,9);;. The Hall–Kier alpha value is 0.380. The molecule has 0 fully saturated rings. The summed E-state index contributed by atoms with van der Waals surface area (Å²) in [7, 11) is -3.62. The van der Waals surface area contributed by atoms with Crippen LogP contribution in [-0.2, 0) is 19.2 Å². The van der Waals surface area contributed by atoms with E-state index in [1.807, 2.05) is 5.48 Å². The number of carbonyl (C=O) groups excluding carboxylic acids is 1. The maximum atomic E-state index is 11.0. The van der Waals surface area contributed by atoms with Crippen LogP contribution in [0.3, 0.4) is 0 Å². The van der Waals surface area contributed by atoms with E-state index in [4.69, 9.17) is 0 Å². The summed E-state index contributed by atoms with van der Waals surface area (Å²) in [5.41, 5.74) is 1.85. The van der Waals surface area contributed by atoms with Crippen molar-refractivity contribution >= 4 is 45.6 Å². The maximum absolute atomic E-state index is 11.0. The Morgan fingerprint density at radius 3 is 2.29 bits per heavy atom. The molecular weight excluding hydrogens is 217 g/mol. The molecule has 0 saturated carbocycles. The second-order valence-corrected chi connectivity index (χ2v) is 4.70. The monoisotopic (exact) mass is 233 g/mol. The Kier molecular flexibility index (Phi) is 9.17. The summed E-state index contributed by atoms with van der Waals surface area (Å²) < 4.78 is 26.3. The Labute approximate surface area is 107 Å². The predicted molar refractivity (Wildman–Crippen MR) is 55.3 cm³/mol. The first kappa shape index (κ1) is 16.8. The molecule has 0 radical (unpaired) electrons. The number of hydroxylamine groups is 1. The van der Waals surface area contributed by atoms with E-state index < -0.39 is 16.0 Å². The molecule has 0 aliphatic carbocycles. The molecular formula is C7H16NNaO4S. The number of rotatable bonds is 5. The van der Waals surface area contributed by atoms with Crippen molar-refractivity contribution in [2.45, 2.75) is 27.2 Å². The molecule has 0 unspecified atom stereocenters. The van der Waals surface area contributed by atoms with E-state index >= 15 is 0 Å². The summed E-state index contributed by atoms with van der Waals surface area (Å²) in [6.45, 7) is 5.11. The van der Waals surface area contributed by atoms with Crippen LogP contribution < -0.4 is 5.48 Å². The summed E-state index contributed by atoms with van der Waals surface area (Å²) in [5.74, 6) is -0.576. The average molecular weight is 233 g/mol. The molecule has 0 saturated heterocycles. The third-order valence-electron chi connectivity index (χ3n) is 1.14. The van der Waals surface area contributed by atoms with Gasteiger partial charge in [0.25, 0.3) is 10.1 Å². The van der Waals surface area contributed by atoms with E-state index in [-0.39, 0.29) is 47.6 Å². The fourth-order valence-electron chi connectivity index (χ4n) is 0.624. The zero-order valence-electron chi connectivity index (χ0n) is 8.03. The van der Waals surface area contributed by atoms with Crippen LogP contribution in [0.25, 0.3) is 0 Å². The van der Waals surface area contributed by atoms with E-state index in [1.165, 1.54) is 0 Å². The van der Waals surface area contributed by atoms with Gasteiger partial charge in [0.05, 0.1) is 5.75 Å². The van der Waals surface area contributed by atoms with Gasteiger partial charge in [0, 0.05) is 6.42 Å². The zero-order valence-corrected chi connectivity index (χ0v) is 8.85. The van der Waals surface area contributed by atoms with Crippen LogP contribution >= 0.6 is 0 Å². The molecule has 7 heteroatoms. The Morgan fingerprint density at radius 2 is 1.93 bits per heavy atom. The zero-order chi connectivity index (χ0) is 10.5. The molecule has 0 bridgehead atoms. The van der Waals surface area contributed by atoms with E-state index in [1.54, 1.807) is 20.8 Å². The summed E-state index contributed by atoms with van der Waals surface area (Å²) in [6.07, 6.45) is 0.192. The molecule has 0 spiro atoms. The Balaban J connectivity index is 0. The van der Waals surface area contributed by atoms with Crippen LogP contribution in [0.5, 0.6) is 0 Å². The first-order valence-corrected chi connectivity index (χ1v) is 5.65. The van der Waals surface area contributed by atoms with Crippen LogP contribution in [0.1, 0.15) is 27.2 Å². The fraction of sp³-hybridized carbons (Fsp3) is 0.857. The van der Waals surface area contributed by atoms with Crippen LogP contribution in [-0.4, -0.2) is 49.6 Å². The van der Waals surface area contributed by atoms with Gasteiger partial charge < -0.3 is 0 Å². The van der Waals surface area contributed by atoms with E-state index in [0.29, 0.717) is 0 Å². The van der Waals surface area contributed by atoms with Gasteiger partial charge in [-0.05, 0) is 5.92 Å². The normalized spacial score (nSPS) is 10.9. The number of carbonyl (C=O) groups is 1. The molecule has 1 amide bonds. The van der Waals surface area contributed by atoms with Gasteiger partial charge in [-0.25, -0.2) is 5.48 Å². The van der Waals surface area contributed by atoms with Gasteiger partial charge >= 0.3 is 29.6 Å². The van der Waals surface area contributed by atoms with Crippen molar-refractivity contribution in [1.82, 2.24) is 5.48 Å². The van der Waals surface area contributed by atoms with Crippen molar-refractivity contribution in [3.05, 3.63) is 0 Å². The quantitative estimate of drug-likeness (QED) is 0.526. The molecule has 1 N–H and O–H groups in total. The Morgan fingerprint density at radius 1 is 1.43 bits per heavy atom. The van der Waals surface area contributed by atoms with Crippen LogP contribution in [0.15, 0.2) is 0 Å². The number of amides is 1. The number of nitrogens with one attached hydrogen (secondary N) is 1. The summed E-state index contributed by atoms with van der Waals surface area (Å²) in [6, 6.07) is 0. The molecule has 80 valence electrons. The first-order chi connectivity index (χ1) is 5.87. The summed E-state index contributed by atoms with van der Waals surface area (Å²) in [4.78, 5) is 10.6. The predicted octanol–water partition coefficient (Wildman–Crippen LogP) is -0.219. The molecule has 0 aromatic rings. The molecule has 0 rings (SSSR count). The van der Waals surface area contributed by atoms with Crippen LogP contribution in [0, 0.1) is 5.92 Å². The van der Waals surface area contributed by atoms with Crippen molar-refractivity contribution in [3.8, 4) is 0 Å². The van der Waals surface area contributed by atoms with Crippen molar-refractivity contribution in [2.24, 2.45) is 5.92 Å². The third-order valence-corrected chi connectivity index (χ3v) is 2.55. The Bertz CT molecular complexity index is 263. The van der Waals surface area contributed by atoms with Gasteiger partial charge in [-0.2, -0.15) is 8.42 Å². The van der Waals surface area contributed by atoms with E-state index in [2.05, 4.69) is 4.28 Å². The van der Waals surface area contributed by atoms with E-state index in [9.17, 15) is 13.2 Å².